The molecule has 0 unspecified atom stereocenters. The molecular formula is C35H24BrN3. The van der Waals surface area contributed by atoms with E-state index in [1.165, 1.54) is 32.9 Å². The van der Waals surface area contributed by atoms with Gasteiger partial charge in [0.1, 0.15) is 0 Å². The summed E-state index contributed by atoms with van der Waals surface area (Å²) in [6.07, 6.45) is 3.72. The number of hydrogen-bond acceptors (Lipinski definition) is 2. The Hall–Kier alpha value is -4.67. The van der Waals surface area contributed by atoms with E-state index in [-0.39, 0.29) is 0 Å². The van der Waals surface area contributed by atoms with Crippen molar-refractivity contribution in [2.45, 2.75) is 0 Å². The van der Waals surface area contributed by atoms with Crippen molar-refractivity contribution in [2.75, 3.05) is 4.90 Å². The summed E-state index contributed by atoms with van der Waals surface area (Å²) in [6, 6.07) is 47.1. The Balaban J connectivity index is 1.41. The molecule has 0 fully saturated rings. The number of halogens is 1. The van der Waals surface area contributed by atoms with Gasteiger partial charge in [-0.05, 0) is 65.7 Å². The highest BCUT2D eigenvalue weighted by atomic mass is 79.9. The summed E-state index contributed by atoms with van der Waals surface area (Å²) < 4.78 is 3.35. The predicted molar refractivity (Wildman–Crippen MR) is 166 cm³/mol. The minimum absolute atomic E-state index is 0.997. The molecule has 186 valence electrons. The maximum absolute atomic E-state index is 4.44. The zero-order valence-corrected chi connectivity index (χ0v) is 22.7. The highest BCUT2D eigenvalue weighted by molar-refractivity contribution is 9.10. The van der Waals surface area contributed by atoms with Crippen LogP contribution in [0.3, 0.4) is 0 Å². The molecule has 0 saturated carbocycles. The first-order chi connectivity index (χ1) is 19.3. The Morgan fingerprint density at radius 2 is 1.18 bits per heavy atom. The number of hydrogen-bond donors (Lipinski definition) is 0. The summed E-state index contributed by atoms with van der Waals surface area (Å²) in [5.41, 5.74) is 8.95. The van der Waals surface area contributed by atoms with E-state index in [2.05, 4.69) is 152 Å². The number of rotatable bonds is 5. The molecule has 0 aliphatic heterocycles. The standard InChI is InChI=1S/C35H24BrN3/c36-27-21-30(23-31(22-27)39-34-14-6-4-12-32(34)33-13-5-7-15-35(33)39)38(29-11-8-20-37-24-29)28-18-16-26(17-19-28)25-9-2-1-3-10-25/h1-24H. The molecule has 7 aromatic rings. The topological polar surface area (TPSA) is 21.1 Å². The second kappa shape index (κ2) is 9.90. The fourth-order valence-corrected chi connectivity index (χ4v) is 5.85. The van der Waals surface area contributed by atoms with Crippen LogP contribution in [0.1, 0.15) is 0 Å². The quantitative estimate of drug-likeness (QED) is 0.207. The van der Waals surface area contributed by atoms with Gasteiger partial charge in [0.2, 0.25) is 0 Å². The third-order valence-electron chi connectivity index (χ3n) is 7.10. The van der Waals surface area contributed by atoms with Crippen LogP contribution in [0.5, 0.6) is 0 Å². The molecule has 7 rings (SSSR count). The molecule has 2 aromatic heterocycles. The second-order valence-electron chi connectivity index (χ2n) is 9.50. The van der Waals surface area contributed by atoms with Crippen LogP contribution in [-0.2, 0) is 0 Å². The minimum atomic E-state index is 0.997. The van der Waals surface area contributed by atoms with E-state index in [1.54, 1.807) is 0 Å². The fraction of sp³-hybridized carbons (Fsp3) is 0. The Kier molecular flexibility index (Phi) is 5.95. The van der Waals surface area contributed by atoms with Crippen LogP contribution in [0.25, 0.3) is 38.6 Å². The van der Waals surface area contributed by atoms with Crippen molar-refractivity contribution in [1.82, 2.24) is 9.55 Å². The maximum Gasteiger partial charge on any atom is 0.0644 e. The van der Waals surface area contributed by atoms with Gasteiger partial charge in [0.15, 0.2) is 0 Å². The Morgan fingerprint density at radius 3 is 1.85 bits per heavy atom. The van der Waals surface area contributed by atoms with Gasteiger partial charge in [-0.1, -0.05) is 94.8 Å². The highest BCUT2D eigenvalue weighted by Gasteiger charge is 2.17. The predicted octanol–water partition coefficient (Wildman–Crippen LogP) is 10.1. The van der Waals surface area contributed by atoms with E-state index < -0.39 is 0 Å². The molecule has 0 saturated heterocycles. The number of pyridine rings is 1. The fourth-order valence-electron chi connectivity index (χ4n) is 5.38. The lowest BCUT2D eigenvalue weighted by atomic mass is 10.0. The third kappa shape index (κ3) is 4.29. The first kappa shape index (κ1) is 23.4. The van der Waals surface area contributed by atoms with E-state index in [0.29, 0.717) is 0 Å². The molecule has 39 heavy (non-hydrogen) atoms. The second-order valence-corrected chi connectivity index (χ2v) is 10.4. The third-order valence-corrected chi connectivity index (χ3v) is 7.56. The monoisotopic (exact) mass is 565 g/mol. The van der Waals surface area contributed by atoms with Gasteiger partial charge in [0, 0.05) is 38.5 Å². The summed E-state index contributed by atoms with van der Waals surface area (Å²) in [5, 5.41) is 2.49. The van der Waals surface area contributed by atoms with Crippen molar-refractivity contribution in [1.29, 1.82) is 0 Å². The molecule has 0 aliphatic rings. The normalized spacial score (nSPS) is 11.2. The van der Waals surface area contributed by atoms with Crippen molar-refractivity contribution in [3.8, 4) is 16.8 Å². The molecule has 0 amide bonds. The molecule has 4 heteroatoms. The van der Waals surface area contributed by atoms with Crippen molar-refractivity contribution in [2.24, 2.45) is 0 Å². The average Bonchev–Trinajstić information content (AvgIpc) is 3.33. The van der Waals surface area contributed by atoms with Crippen molar-refractivity contribution >= 4 is 54.8 Å². The molecule has 0 N–H and O–H groups in total. The van der Waals surface area contributed by atoms with Crippen molar-refractivity contribution in [3.05, 3.63) is 150 Å². The van der Waals surface area contributed by atoms with E-state index >= 15 is 0 Å². The van der Waals surface area contributed by atoms with Crippen LogP contribution in [0.2, 0.25) is 0 Å². The van der Waals surface area contributed by atoms with Gasteiger partial charge in [-0.25, -0.2) is 0 Å². The number of anilines is 3. The number of aromatic nitrogens is 2. The molecule has 0 aliphatic carbocycles. The largest absolute Gasteiger partial charge is 0.309 e. The SMILES string of the molecule is Brc1cc(N(c2ccc(-c3ccccc3)cc2)c2cccnc2)cc(-n2c3ccccc3c3ccccc32)c1. The summed E-state index contributed by atoms with van der Waals surface area (Å²) in [6.45, 7) is 0. The van der Waals surface area contributed by atoms with Gasteiger partial charge in [-0.2, -0.15) is 0 Å². The average molecular weight is 567 g/mol. The number of benzene rings is 5. The highest BCUT2D eigenvalue weighted by Crippen LogP contribution is 2.39. The molecule has 0 radical (unpaired) electrons. The molecule has 0 bridgehead atoms. The lowest BCUT2D eigenvalue weighted by Crippen LogP contribution is -2.11. The summed E-state index contributed by atoms with van der Waals surface area (Å²) >= 11 is 3.83. The first-order valence-corrected chi connectivity index (χ1v) is 13.7. The van der Waals surface area contributed by atoms with Gasteiger partial charge in [0.05, 0.1) is 22.9 Å². The number of nitrogens with zero attached hydrogens (tertiary/aromatic N) is 3. The first-order valence-electron chi connectivity index (χ1n) is 12.9. The van der Waals surface area contributed by atoms with Gasteiger partial charge in [-0.15, -0.1) is 0 Å². The van der Waals surface area contributed by atoms with Crippen LogP contribution >= 0.6 is 15.9 Å². The zero-order chi connectivity index (χ0) is 26.2. The summed E-state index contributed by atoms with van der Waals surface area (Å²) in [4.78, 5) is 6.69. The minimum Gasteiger partial charge on any atom is -0.309 e. The lowest BCUT2D eigenvalue weighted by molar-refractivity contribution is 1.16. The van der Waals surface area contributed by atoms with E-state index in [4.69, 9.17) is 0 Å². The van der Waals surface area contributed by atoms with Crippen LogP contribution < -0.4 is 4.90 Å². The molecule has 5 aromatic carbocycles. The Morgan fingerprint density at radius 1 is 0.538 bits per heavy atom. The van der Waals surface area contributed by atoms with E-state index in [1.807, 2.05) is 24.5 Å². The zero-order valence-electron chi connectivity index (χ0n) is 21.1. The van der Waals surface area contributed by atoms with Crippen LogP contribution in [0.4, 0.5) is 17.1 Å². The van der Waals surface area contributed by atoms with Gasteiger partial charge < -0.3 is 9.47 Å². The molecule has 2 heterocycles. The maximum atomic E-state index is 4.44. The molecule has 0 atom stereocenters. The molecule has 3 nitrogen and oxygen atoms in total. The molecule has 0 spiro atoms. The summed E-state index contributed by atoms with van der Waals surface area (Å²) in [5.74, 6) is 0. The van der Waals surface area contributed by atoms with Crippen LogP contribution in [0, 0.1) is 0 Å². The van der Waals surface area contributed by atoms with Gasteiger partial charge in [0.25, 0.3) is 0 Å². The van der Waals surface area contributed by atoms with E-state index in [0.717, 1.165) is 27.2 Å². The molecular weight excluding hydrogens is 542 g/mol. The van der Waals surface area contributed by atoms with Crippen LogP contribution in [-0.4, -0.2) is 9.55 Å². The van der Waals surface area contributed by atoms with Crippen molar-refractivity contribution in [3.63, 3.8) is 0 Å². The Bertz CT molecular complexity index is 1860. The summed E-state index contributed by atoms with van der Waals surface area (Å²) in [7, 11) is 0. The van der Waals surface area contributed by atoms with Gasteiger partial charge >= 0.3 is 0 Å². The van der Waals surface area contributed by atoms with Crippen LogP contribution in [0.15, 0.2) is 150 Å². The Labute approximate surface area is 235 Å². The lowest BCUT2D eigenvalue weighted by Gasteiger charge is -2.26. The van der Waals surface area contributed by atoms with E-state index in [9.17, 15) is 0 Å². The van der Waals surface area contributed by atoms with Crippen molar-refractivity contribution < 1.29 is 0 Å². The number of para-hydroxylation sites is 2. The smallest absolute Gasteiger partial charge is 0.0644 e. The van der Waals surface area contributed by atoms with Gasteiger partial charge in [-0.3, -0.25) is 4.98 Å². The number of fused-ring (bicyclic) bond motifs is 3.